The van der Waals surface area contributed by atoms with Crippen LogP contribution in [0, 0.1) is 0 Å². The van der Waals surface area contributed by atoms with Crippen molar-refractivity contribution in [3.05, 3.63) is 60.2 Å². The minimum absolute atomic E-state index is 0.153. The average molecular weight is 390 g/mol. The van der Waals surface area contributed by atoms with E-state index in [1.165, 1.54) is 7.11 Å². The van der Waals surface area contributed by atoms with Crippen molar-refractivity contribution >= 4 is 39.3 Å². The Labute approximate surface area is 168 Å². The number of carbonyl (C=O) groups is 3. The highest BCUT2D eigenvalue weighted by Gasteiger charge is 2.31. The van der Waals surface area contributed by atoms with Gasteiger partial charge in [0, 0.05) is 12.8 Å². The molecule has 1 heterocycles. The Balaban J connectivity index is 1.71. The molecule has 3 aromatic carbocycles. The fourth-order valence-corrected chi connectivity index (χ4v) is 3.95. The maximum absolute atomic E-state index is 12.6. The van der Waals surface area contributed by atoms with Gasteiger partial charge >= 0.3 is 5.97 Å². The van der Waals surface area contributed by atoms with Crippen molar-refractivity contribution in [2.75, 3.05) is 7.11 Å². The Bertz CT molecular complexity index is 1050. The first-order valence-corrected chi connectivity index (χ1v) is 9.64. The van der Waals surface area contributed by atoms with E-state index in [1.54, 1.807) is 0 Å². The van der Waals surface area contributed by atoms with Crippen molar-refractivity contribution in [3.8, 4) is 0 Å². The van der Waals surface area contributed by atoms with E-state index < -0.39 is 18.1 Å². The van der Waals surface area contributed by atoms with Gasteiger partial charge in [0.05, 0.1) is 7.11 Å². The molecule has 1 aliphatic heterocycles. The summed E-state index contributed by atoms with van der Waals surface area (Å²) in [4.78, 5) is 36.5. The van der Waals surface area contributed by atoms with Crippen LogP contribution in [0.3, 0.4) is 0 Å². The van der Waals surface area contributed by atoms with E-state index in [0.29, 0.717) is 19.3 Å². The lowest BCUT2D eigenvalue weighted by Crippen LogP contribution is -2.50. The van der Waals surface area contributed by atoms with Crippen LogP contribution in [0.15, 0.2) is 54.6 Å². The first-order valence-electron chi connectivity index (χ1n) is 9.64. The number of benzene rings is 3. The molecule has 2 N–H and O–H groups in total. The van der Waals surface area contributed by atoms with Crippen LogP contribution >= 0.6 is 0 Å². The molecule has 0 spiro atoms. The highest BCUT2D eigenvalue weighted by atomic mass is 16.5. The van der Waals surface area contributed by atoms with Crippen LogP contribution < -0.4 is 10.6 Å². The van der Waals surface area contributed by atoms with Crippen LogP contribution in [0.4, 0.5) is 0 Å². The van der Waals surface area contributed by atoms with E-state index >= 15 is 0 Å². The van der Waals surface area contributed by atoms with Crippen LogP contribution in [-0.4, -0.2) is 37.0 Å². The molecule has 1 fully saturated rings. The molecule has 1 saturated heterocycles. The third-order valence-corrected chi connectivity index (χ3v) is 5.41. The van der Waals surface area contributed by atoms with E-state index in [-0.39, 0.29) is 11.8 Å². The summed E-state index contributed by atoms with van der Waals surface area (Å²) in [6.45, 7) is 0. The van der Waals surface area contributed by atoms with Gasteiger partial charge in [0.15, 0.2) is 0 Å². The Morgan fingerprint density at radius 2 is 1.72 bits per heavy atom. The molecular formula is C23H22N2O4. The second-order valence-electron chi connectivity index (χ2n) is 7.24. The number of esters is 1. The Kier molecular flexibility index (Phi) is 5.16. The molecule has 0 aliphatic carbocycles. The summed E-state index contributed by atoms with van der Waals surface area (Å²) < 4.78 is 4.95. The molecule has 6 nitrogen and oxygen atoms in total. The predicted molar refractivity (Wildman–Crippen MR) is 110 cm³/mol. The van der Waals surface area contributed by atoms with Crippen molar-refractivity contribution in [1.29, 1.82) is 0 Å². The maximum atomic E-state index is 12.6. The zero-order valence-corrected chi connectivity index (χ0v) is 16.1. The zero-order chi connectivity index (χ0) is 20.4. The lowest BCUT2D eigenvalue weighted by atomic mass is 9.92. The number of fused-ring (bicyclic) bond motifs is 2. The van der Waals surface area contributed by atoms with E-state index in [9.17, 15) is 14.4 Å². The fourth-order valence-electron chi connectivity index (χ4n) is 3.95. The number of amides is 2. The van der Waals surface area contributed by atoms with Crippen LogP contribution in [0.1, 0.15) is 18.4 Å². The molecule has 0 bridgehead atoms. The summed E-state index contributed by atoms with van der Waals surface area (Å²) in [5, 5.41) is 9.62. The van der Waals surface area contributed by atoms with Gasteiger partial charge in [-0.3, -0.25) is 9.59 Å². The largest absolute Gasteiger partial charge is 0.467 e. The highest BCUT2D eigenvalue weighted by molar-refractivity contribution is 6.03. The zero-order valence-electron chi connectivity index (χ0n) is 16.1. The Morgan fingerprint density at radius 3 is 2.28 bits per heavy atom. The second kappa shape index (κ2) is 7.91. The molecule has 2 amide bonds. The van der Waals surface area contributed by atoms with Crippen molar-refractivity contribution < 1.29 is 19.1 Å². The summed E-state index contributed by atoms with van der Waals surface area (Å²) in [5.74, 6) is -1.03. The summed E-state index contributed by atoms with van der Waals surface area (Å²) in [6, 6.07) is 16.6. The summed E-state index contributed by atoms with van der Waals surface area (Å²) >= 11 is 0. The first kappa shape index (κ1) is 18.9. The van der Waals surface area contributed by atoms with Crippen LogP contribution in [0.2, 0.25) is 0 Å². The molecule has 6 heteroatoms. The van der Waals surface area contributed by atoms with E-state index in [2.05, 4.69) is 16.7 Å². The molecule has 148 valence electrons. The SMILES string of the molecule is COC(=O)[C@@H](Cc1c2ccccc2cc2ccccc12)NC(=O)[C@@H]1CCC(=O)N1. The topological polar surface area (TPSA) is 84.5 Å². The van der Waals surface area contributed by atoms with Crippen molar-refractivity contribution in [1.82, 2.24) is 10.6 Å². The fraction of sp³-hybridized carbons (Fsp3) is 0.261. The molecule has 3 aromatic rings. The maximum Gasteiger partial charge on any atom is 0.328 e. The minimum atomic E-state index is -0.848. The molecule has 0 aromatic heterocycles. The van der Waals surface area contributed by atoms with Gasteiger partial charge in [0.1, 0.15) is 12.1 Å². The highest BCUT2D eigenvalue weighted by Crippen LogP contribution is 2.29. The monoisotopic (exact) mass is 390 g/mol. The molecule has 0 radical (unpaired) electrons. The second-order valence-corrected chi connectivity index (χ2v) is 7.24. The number of rotatable bonds is 5. The van der Waals surface area contributed by atoms with Crippen LogP contribution in [0.25, 0.3) is 21.5 Å². The number of methoxy groups -OCH3 is 1. The molecule has 4 rings (SSSR count). The van der Waals surface area contributed by atoms with Crippen LogP contribution in [-0.2, 0) is 25.5 Å². The molecular weight excluding hydrogens is 368 g/mol. The molecule has 2 atom stereocenters. The van der Waals surface area contributed by atoms with Crippen molar-refractivity contribution in [2.45, 2.75) is 31.3 Å². The summed E-state index contributed by atoms with van der Waals surface area (Å²) in [6.07, 6.45) is 1.03. The van der Waals surface area contributed by atoms with Crippen LogP contribution in [0.5, 0.6) is 0 Å². The van der Waals surface area contributed by atoms with Gasteiger partial charge in [0.25, 0.3) is 0 Å². The number of carbonyl (C=O) groups excluding carboxylic acids is 3. The third kappa shape index (κ3) is 3.78. The van der Waals surface area contributed by atoms with Crippen molar-refractivity contribution in [2.24, 2.45) is 0 Å². The first-order chi connectivity index (χ1) is 14.1. The Morgan fingerprint density at radius 1 is 1.10 bits per heavy atom. The molecule has 29 heavy (non-hydrogen) atoms. The van der Waals surface area contributed by atoms with Gasteiger partial charge in [0.2, 0.25) is 11.8 Å². The van der Waals surface area contributed by atoms with E-state index in [1.807, 2.05) is 48.5 Å². The standard InChI is InChI=1S/C23H22N2O4/c1-29-23(28)20(25-22(27)19-10-11-21(26)24-19)13-18-16-8-4-2-6-14(16)12-15-7-3-5-9-17(15)18/h2-9,12,19-20H,10-11,13H2,1H3,(H,24,26)(H,25,27)/t19-,20+/m0/s1. The summed E-state index contributed by atoms with van der Waals surface area (Å²) in [5.41, 5.74) is 0.977. The number of hydrogen-bond acceptors (Lipinski definition) is 4. The predicted octanol–water partition coefficient (Wildman–Crippen LogP) is 2.47. The quantitative estimate of drug-likeness (QED) is 0.518. The number of nitrogens with one attached hydrogen (secondary N) is 2. The molecule has 0 saturated carbocycles. The van der Waals surface area contributed by atoms with Gasteiger partial charge in [-0.2, -0.15) is 0 Å². The van der Waals surface area contributed by atoms with E-state index in [0.717, 1.165) is 27.1 Å². The van der Waals surface area contributed by atoms with Gasteiger partial charge in [-0.1, -0.05) is 48.5 Å². The van der Waals surface area contributed by atoms with Gasteiger partial charge in [-0.05, 0) is 39.6 Å². The van der Waals surface area contributed by atoms with Gasteiger partial charge in [-0.25, -0.2) is 4.79 Å². The number of hydrogen-bond donors (Lipinski definition) is 2. The van der Waals surface area contributed by atoms with Gasteiger partial charge < -0.3 is 15.4 Å². The third-order valence-electron chi connectivity index (χ3n) is 5.41. The molecule has 0 unspecified atom stereocenters. The Hall–Kier alpha value is -3.41. The number of ether oxygens (including phenoxy) is 1. The average Bonchev–Trinajstić information content (AvgIpc) is 3.18. The smallest absolute Gasteiger partial charge is 0.328 e. The van der Waals surface area contributed by atoms with Crippen molar-refractivity contribution in [3.63, 3.8) is 0 Å². The summed E-state index contributed by atoms with van der Waals surface area (Å²) in [7, 11) is 1.31. The lowest BCUT2D eigenvalue weighted by molar-refractivity contribution is -0.145. The normalized spacial score (nSPS) is 17.1. The van der Waals surface area contributed by atoms with Gasteiger partial charge in [-0.15, -0.1) is 0 Å². The van der Waals surface area contributed by atoms with E-state index in [4.69, 9.17) is 4.74 Å². The molecule has 1 aliphatic rings. The minimum Gasteiger partial charge on any atom is -0.467 e. The lowest BCUT2D eigenvalue weighted by Gasteiger charge is -2.21.